The molecule has 330 valence electrons. The van der Waals surface area contributed by atoms with Gasteiger partial charge in [0, 0.05) is 34.5 Å². The standard InChI is InChI=1S/C46H42Cl4N8O6/c1-5-27-21-31(51-45(63)40(25(3)59)57-55-36-19-11-15-32(38(36)49)43(61)52-34-17-9-7-13-29(34)23-47)22-28(6-2)42(27)54-46(64)41(26(4)60)58-56-37-20-12-16-33(39(37)50)44(62)53-35-18-10-8-14-30(35)24-48/h7-22,40-41H,5-6,23-24H2,1-4H3,(H,51,63)(H,52,61)(H,53,62)(H,54,64). The van der Waals surface area contributed by atoms with E-state index < -0.39 is 47.3 Å². The topological polar surface area (TPSA) is 200 Å². The number of hydrogen-bond acceptors (Lipinski definition) is 10. The third kappa shape index (κ3) is 12.0. The van der Waals surface area contributed by atoms with Gasteiger partial charge in [0.2, 0.25) is 12.1 Å². The molecule has 0 fully saturated rings. The monoisotopic (exact) mass is 942 g/mol. The Hall–Kier alpha value is -6.32. The lowest BCUT2D eigenvalue weighted by molar-refractivity contribution is -0.127. The average Bonchev–Trinajstić information content (AvgIpc) is 3.27. The van der Waals surface area contributed by atoms with Gasteiger partial charge in [-0.3, -0.25) is 28.8 Å². The van der Waals surface area contributed by atoms with Crippen molar-refractivity contribution >= 4 is 116 Å². The van der Waals surface area contributed by atoms with Crippen LogP contribution in [0.3, 0.4) is 0 Å². The van der Waals surface area contributed by atoms with E-state index in [1.165, 1.54) is 50.2 Å². The normalized spacial score (nSPS) is 12.1. The Kier molecular flexibility index (Phi) is 17.4. The highest BCUT2D eigenvalue weighted by Gasteiger charge is 2.27. The number of hydrogen-bond donors (Lipinski definition) is 4. The largest absolute Gasteiger partial charge is 0.324 e. The molecule has 5 aromatic carbocycles. The Morgan fingerprint density at radius 1 is 0.531 bits per heavy atom. The molecule has 0 aromatic heterocycles. The average molecular weight is 945 g/mol. The van der Waals surface area contributed by atoms with Crippen LogP contribution in [0.15, 0.2) is 118 Å². The van der Waals surface area contributed by atoms with E-state index in [1.807, 2.05) is 13.8 Å². The van der Waals surface area contributed by atoms with Crippen molar-refractivity contribution in [3.8, 4) is 0 Å². The van der Waals surface area contributed by atoms with Crippen molar-refractivity contribution < 1.29 is 28.8 Å². The van der Waals surface area contributed by atoms with Gasteiger partial charge >= 0.3 is 0 Å². The minimum absolute atomic E-state index is 0.0494. The fraction of sp³-hybridized carbons (Fsp3) is 0.217. The van der Waals surface area contributed by atoms with Crippen LogP contribution in [0.25, 0.3) is 0 Å². The predicted molar refractivity (Wildman–Crippen MR) is 251 cm³/mol. The molecule has 14 nitrogen and oxygen atoms in total. The van der Waals surface area contributed by atoms with Gasteiger partial charge in [-0.25, -0.2) is 0 Å². The molecule has 0 spiro atoms. The fourth-order valence-corrected chi connectivity index (χ4v) is 7.24. The second kappa shape index (κ2) is 22.9. The van der Waals surface area contributed by atoms with Gasteiger partial charge in [-0.15, -0.1) is 23.2 Å². The van der Waals surface area contributed by atoms with Crippen molar-refractivity contribution in [1.29, 1.82) is 0 Å². The van der Waals surface area contributed by atoms with Crippen LogP contribution in [0, 0.1) is 0 Å². The maximum atomic E-state index is 13.7. The second-order valence-corrected chi connectivity index (χ2v) is 15.4. The third-order valence-corrected chi connectivity index (χ3v) is 11.0. The van der Waals surface area contributed by atoms with Gasteiger partial charge in [0.1, 0.15) is 11.4 Å². The first-order chi connectivity index (χ1) is 30.7. The highest BCUT2D eigenvalue weighted by Crippen LogP contribution is 2.33. The van der Waals surface area contributed by atoms with E-state index >= 15 is 0 Å². The summed E-state index contributed by atoms with van der Waals surface area (Å²) < 4.78 is 0. The lowest BCUT2D eigenvalue weighted by Crippen LogP contribution is -2.33. The first-order valence-electron chi connectivity index (χ1n) is 19.8. The van der Waals surface area contributed by atoms with E-state index in [9.17, 15) is 28.8 Å². The molecule has 0 radical (unpaired) electrons. The van der Waals surface area contributed by atoms with Crippen LogP contribution in [0.1, 0.15) is 70.7 Å². The number of azo groups is 2. The number of halogens is 4. The first kappa shape index (κ1) is 48.7. The Morgan fingerprint density at radius 2 is 0.938 bits per heavy atom. The van der Waals surface area contributed by atoms with Crippen LogP contribution in [0.4, 0.5) is 34.1 Å². The second-order valence-electron chi connectivity index (χ2n) is 14.1. The molecule has 4 amide bonds. The summed E-state index contributed by atoms with van der Waals surface area (Å²) in [5.74, 6) is -3.51. The van der Waals surface area contributed by atoms with Crippen LogP contribution in [-0.4, -0.2) is 47.3 Å². The van der Waals surface area contributed by atoms with E-state index in [-0.39, 0.29) is 44.3 Å². The number of amides is 4. The number of alkyl halides is 2. The number of rotatable bonds is 18. The van der Waals surface area contributed by atoms with E-state index in [1.54, 1.807) is 60.7 Å². The zero-order chi connectivity index (χ0) is 46.5. The highest BCUT2D eigenvalue weighted by molar-refractivity contribution is 6.37. The fourth-order valence-electron chi connectivity index (χ4n) is 6.28. The van der Waals surface area contributed by atoms with Crippen LogP contribution < -0.4 is 21.3 Å². The first-order valence-corrected chi connectivity index (χ1v) is 21.6. The minimum Gasteiger partial charge on any atom is -0.324 e. The number of nitrogens with one attached hydrogen (secondary N) is 4. The molecule has 0 aliphatic carbocycles. The summed E-state index contributed by atoms with van der Waals surface area (Å²) in [5, 5.41) is 27.2. The summed E-state index contributed by atoms with van der Waals surface area (Å²) >= 11 is 25.2. The van der Waals surface area contributed by atoms with Gasteiger partial charge in [0.15, 0.2) is 11.6 Å². The number of Topliss-reactive ketones (excluding diaryl/α,β-unsaturated/α-hetero) is 2. The summed E-state index contributed by atoms with van der Waals surface area (Å²) in [6, 6.07) is 23.1. The Morgan fingerprint density at radius 3 is 1.33 bits per heavy atom. The van der Waals surface area contributed by atoms with Gasteiger partial charge in [0.25, 0.3) is 23.6 Å². The number of nitrogens with zero attached hydrogens (tertiary/aromatic N) is 4. The number of ketones is 2. The summed E-state index contributed by atoms with van der Waals surface area (Å²) in [4.78, 5) is 79.0. The number of carbonyl (C=O) groups is 6. The summed E-state index contributed by atoms with van der Waals surface area (Å²) in [6.45, 7) is 6.04. The van der Waals surface area contributed by atoms with Crippen LogP contribution in [-0.2, 0) is 43.8 Å². The number of aryl methyl sites for hydroxylation is 2. The molecule has 2 unspecified atom stereocenters. The van der Waals surface area contributed by atoms with E-state index in [4.69, 9.17) is 46.4 Å². The SMILES string of the molecule is CCc1cc(NC(=O)C(N=Nc2cccc(C(=O)Nc3ccccc3CCl)c2Cl)C(C)=O)cc(CC)c1NC(=O)C(N=Nc1cccc(C(=O)Nc2ccccc2CCl)c1Cl)C(C)=O. The zero-order valence-corrected chi connectivity index (χ0v) is 38.0. The number of carbonyl (C=O) groups excluding carboxylic acids is 6. The van der Waals surface area contributed by atoms with Crippen LogP contribution >= 0.6 is 46.4 Å². The van der Waals surface area contributed by atoms with Crippen molar-refractivity contribution in [3.63, 3.8) is 0 Å². The smallest absolute Gasteiger partial charge is 0.258 e. The molecule has 0 bridgehead atoms. The molecule has 4 N–H and O–H groups in total. The molecule has 64 heavy (non-hydrogen) atoms. The number of para-hydroxylation sites is 2. The zero-order valence-electron chi connectivity index (χ0n) is 35.0. The van der Waals surface area contributed by atoms with Gasteiger partial charge in [-0.1, -0.05) is 85.6 Å². The Labute approximate surface area is 389 Å². The third-order valence-electron chi connectivity index (χ3n) is 9.67. The van der Waals surface area contributed by atoms with E-state index in [0.29, 0.717) is 57.8 Å². The quantitative estimate of drug-likeness (QED) is 0.0382. The van der Waals surface area contributed by atoms with Crippen LogP contribution in [0.5, 0.6) is 0 Å². The Balaban J connectivity index is 1.31. The molecule has 0 saturated carbocycles. The van der Waals surface area contributed by atoms with E-state index in [0.717, 1.165) is 0 Å². The van der Waals surface area contributed by atoms with Gasteiger partial charge in [-0.05, 0) is 97.5 Å². The molecule has 0 saturated heterocycles. The van der Waals surface area contributed by atoms with Gasteiger partial charge in [-0.2, -0.15) is 20.5 Å². The maximum Gasteiger partial charge on any atom is 0.258 e. The summed E-state index contributed by atoms with van der Waals surface area (Å²) in [7, 11) is 0. The minimum atomic E-state index is -1.59. The predicted octanol–water partition coefficient (Wildman–Crippen LogP) is 11.5. The van der Waals surface area contributed by atoms with Gasteiger partial charge < -0.3 is 21.3 Å². The van der Waals surface area contributed by atoms with Crippen molar-refractivity contribution in [1.82, 2.24) is 0 Å². The molecule has 5 aromatic rings. The molecular formula is C46H42Cl4N8O6. The number of benzene rings is 5. The maximum absolute atomic E-state index is 13.7. The van der Waals surface area contributed by atoms with Crippen molar-refractivity contribution in [3.05, 3.63) is 140 Å². The molecule has 0 aliphatic rings. The molecule has 18 heteroatoms. The summed E-state index contributed by atoms with van der Waals surface area (Å²) in [6.07, 6.45) is 0.766. The molecule has 2 atom stereocenters. The van der Waals surface area contributed by atoms with Crippen LogP contribution in [0.2, 0.25) is 10.0 Å². The molecular weight excluding hydrogens is 902 g/mol. The van der Waals surface area contributed by atoms with Gasteiger partial charge in [0.05, 0.1) is 21.2 Å². The van der Waals surface area contributed by atoms with Crippen molar-refractivity contribution in [2.45, 2.75) is 64.4 Å². The lowest BCUT2D eigenvalue weighted by Gasteiger charge is -2.19. The molecule has 5 rings (SSSR count). The lowest BCUT2D eigenvalue weighted by atomic mass is 10.0. The molecule has 0 aliphatic heterocycles. The molecule has 0 heterocycles. The van der Waals surface area contributed by atoms with Crippen molar-refractivity contribution in [2.24, 2.45) is 20.5 Å². The van der Waals surface area contributed by atoms with Crippen molar-refractivity contribution in [2.75, 3.05) is 21.3 Å². The Bertz CT molecular complexity index is 2650. The highest BCUT2D eigenvalue weighted by atomic mass is 35.5. The summed E-state index contributed by atoms with van der Waals surface area (Å²) in [5.41, 5.74) is 4.58. The van der Waals surface area contributed by atoms with E-state index in [2.05, 4.69) is 41.7 Å². The number of anilines is 4.